The molecule has 7 nitrogen and oxygen atoms in total. The maximum absolute atomic E-state index is 10.5. The molecule has 0 atom stereocenters. The summed E-state index contributed by atoms with van der Waals surface area (Å²) in [7, 11) is 0. The molecular weight excluding hydrogens is 138 g/mol. The van der Waals surface area contributed by atoms with E-state index in [0.717, 1.165) is 0 Å². The van der Waals surface area contributed by atoms with Crippen molar-refractivity contribution < 1.29 is 9.63 Å². The van der Waals surface area contributed by atoms with Crippen LogP contribution in [0.3, 0.4) is 0 Å². The number of nitrogens with one attached hydrogen (secondary N) is 1. The summed E-state index contributed by atoms with van der Waals surface area (Å²) in [4.78, 5) is 17.7. The first-order valence-electron chi connectivity index (χ1n) is 2.33. The molecule has 0 aliphatic heterocycles. The van der Waals surface area contributed by atoms with Crippen LogP contribution in [0.5, 0.6) is 0 Å². The largest absolute Gasteiger partial charge is 0.396 e. The number of rotatable bonds is 1. The first-order chi connectivity index (χ1) is 4.74. The zero-order chi connectivity index (χ0) is 7.56. The second-order valence-corrected chi connectivity index (χ2v) is 1.45. The summed E-state index contributed by atoms with van der Waals surface area (Å²) >= 11 is 0. The van der Waals surface area contributed by atoms with Gasteiger partial charge in [-0.2, -0.15) is 10.9 Å². The highest BCUT2D eigenvalue weighted by Crippen LogP contribution is 1.92. The smallest absolute Gasteiger partial charge is 0.368 e. The van der Waals surface area contributed by atoms with Gasteiger partial charge in [-0.1, -0.05) is 0 Å². The number of nitrogens with two attached hydrogens (primary N) is 2. The molecule has 0 saturated carbocycles. The van der Waals surface area contributed by atoms with E-state index >= 15 is 0 Å². The van der Waals surface area contributed by atoms with E-state index in [-0.39, 0.29) is 11.8 Å². The maximum Gasteiger partial charge on any atom is 0.396 e. The fourth-order valence-corrected chi connectivity index (χ4v) is 0.418. The third kappa shape index (κ3) is 1.03. The molecule has 0 radical (unpaired) electrons. The minimum absolute atomic E-state index is 0.0420. The molecule has 0 unspecified atom stereocenters. The molecule has 54 valence electrons. The van der Waals surface area contributed by atoms with Gasteiger partial charge in [-0.15, -0.1) is 5.10 Å². The molecule has 0 spiro atoms. The van der Waals surface area contributed by atoms with E-state index in [9.17, 15) is 4.79 Å². The lowest BCUT2D eigenvalue weighted by Crippen LogP contribution is -2.11. The van der Waals surface area contributed by atoms with Gasteiger partial charge in [0.2, 0.25) is 5.95 Å². The van der Waals surface area contributed by atoms with E-state index in [0.29, 0.717) is 0 Å². The minimum atomic E-state index is -0.826. The van der Waals surface area contributed by atoms with Crippen molar-refractivity contribution in [1.29, 1.82) is 0 Å². The van der Waals surface area contributed by atoms with Crippen molar-refractivity contribution >= 4 is 11.9 Å². The van der Waals surface area contributed by atoms with Crippen LogP contribution in [0.1, 0.15) is 10.6 Å². The number of anilines is 1. The summed E-state index contributed by atoms with van der Waals surface area (Å²) in [5, 5.41) is 5.62. The summed E-state index contributed by atoms with van der Waals surface area (Å²) in [6.45, 7) is 0. The minimum Gasteiger partial charge on any atom is -0.368 e. The molecule has 1 aromatic rings. The van der Waals surface area contributed by atoms with Crippen LogP contribution in [0.2, 0.25) is 0 Å². The molecule has 0 aromatic carbocycles. The number of H-pyrrole nitrogens is 1. The van der Waals surface area contributed by atoms with Crippen LogP contribution in [-0.4, -0.2) is 21.2 Å². The molecule has 0 saturated heterocycles. The Kier molecular flexibility index (Phi) is 1.50. The van der Waals surface area contributed by atoms with E-state index in [4.69, 9.17) is 5.73 Å². The van der Waals surface area contributed by atoms with Crippen molar-refractivity contribution in [1.82, 2.24) is 15.2 Å². The molecule has 0 bridgehead atoms. The van der Waals surface area contributed by atoms with Crippen molar-refractivity contribution in [3.8, 4) is 0 Å². The highest BCUT2D eigenvalue weighted by Gasteiger charge is 2.10. The lowest BCUT2D eigenvalue weighted by atomic mass is 10.6. The zero-order valence-electron chi connectivity index (χ0n) is 4.87. The standard InChI is InChI=1S/C3H5N5O2/c4-3-6-1(7-8-3)2(9)10-5/h5H2,(H3,4,6,7,8). The number of carbonyl (C=O) groups is 1. The Balaban J connectivity index is 2.85. The van der Waals surface area contributed by atoms with Gasteiger partial charge in [0.05, 0.1) is 0 Å². The molecular formula is C3H5N5O2. The molecule has 0 amide bonds. The van der Waals surface area contributed by atoms with Gasteiger partial charge >= 0.3 is 5.97 Å². The van der Waals surface area contributed by atoms with E-state index in [1.54, 1.807) is 0 Å². The predicted molar refractivity (Wildman–Crippen MR) is 30.4 cm³/mol. The van der Waals surface area contributed by atoms with Crippen LogP contribution in [0, 0.1) is 0 Å². The molecule has 10 heavy (non-hydrogen) atoms. The van der Waals surface area contributed by atoms with Gasteiger partial charge in [0.15, 0.2) is 0 Å². The van der Waals surface area contributed by atoms with Gasteiger partial charge in [-0.25, -0.2) is 9.89 Å². The molecule has 1 aromatic heterocycles. The monoisotopic (exact) mass is 143 g/mol. The lowest BCUT2D eigenvalue weighted by Gasteiger charge is -1.86. The normalized spacial score (nSPS) is 9.30. The number of hydrogen-bond donors (Lipinski definition) is 3. The summed E-state index contributed by atoms with van der Waals surface area (Å²) in [6, 6.07) is 0. The third-order valence-electron chi connectivity index (χ3n) is 0.792. The maximum atomic E-state index is 10.5. The van der Waals surface area contributed by atoms with Crippen molar-refractivity contribution in [2.24, 2.45) is 5.90 Å². The fraction of sp³-hybridized carbons (Fsp3) is 0. The number of carbonyl (C=O) groups excluding carboxylic acids is 1. The molecule has 7 heteroatoms. The number of aromatic amines is 1. The number of hydrogen-bond acceptors (Lipinski definition) is 6. The fourth-order valence-electron chi connectivity index (χ4n) is 0.418. The summed E-state index contributed by atoms with van der Waals surface area (Å²) in [5.41, 5.74) is 5.09. The van der Waals surface area contributed by atoms with Crippen LogP contribution >= 0.6 is 0 Å². The van der Waals surface area contributed by atoms with Crippen molar-refractivity contribution in [3.63, 3.8) is 0 Å². The highest BCUT2D eigenvalue weighted by atomic mass is 16.7. The summed E-state index contributed by atoms with van der Waals surface area (Å²) in [6.07, 6.45) is 0. The first kappa shape index (κ1) is 6.49. The van der Waals surface area contributed by atoms with Gasteiger partial charge < -0.3 is 10.6 Å². The summed E-state index contributed by atoms with van der Waals surface area (Å²) in [5.74, 6) is 3.56. The van der Waals surface area contributed by atoms with Crippen molar-refractivity contribution in [2.45, 2.75) is 0 Å². The topological polar surface area (TPSA) is 120 Å². The van der Waals surface area contributed by atoms with Crippen LogP contribution in [0.25, 0.3) is 0 Å². The van der Waals surface area contributed by atoms with E-state index in [1.807, 2.05) is 0 Å². The second kappa shape index (κ2) is 2.31. The molecule has 0 fully saturated rings. The Bertz CT molecular complexity index is 243. The molecule has 5 N–H and O–H groups in total. The molecule has 1 heterocycles. The molecule has 0 aliphatic carbocycles. The van der Waals surface area contributed by atoms with Gasteiger partial charge in [0.25, 0.3) is 5.82 Å². The van der Waals surface area contributed by atoms with Crippen molar-refractivity contribution in [2.75, 3.05) is 5.73 Å². The second-order valence-electron chi connectivity index (χ2n) is 1.45. The number of nitrogen functional groups attached to an aromatic ring is 1. The van der Waals surface area contributed by atoms with E-state index in [2.05, 4.69) is 25.9 Å². The number of aromatic nitrogens is 3. The average molecular weight is 143 g/mol. The molecule has 0 aliphatic rings. The van der Waals surface area contributed by atoms with E-state index in [1.165, 1.54) is 0 Å². The quantitative estimate of drug-likeness (QED) is 0.408. The number of nitrogens with zero attached hydrogens (tertiary/aromatic N) is 2. The van der Waals surface area contributed by atoms with Gasteiger partial charge in [0.1, 0.15) is 0 Å². The highest BCUT2D eigenvalue weighted by molar-refractivity contribution is 5.84. The van der Waals surface area contributed by atoms with Gasteiger partial charge in [-0.3, -0.25) is 0 Å². The third-order valence-corrected chi connectivity index (χ3v) is 0.792. The average Bonchev–Trinajstić information content (AvgIpc) is 2.34. The zero-order valence-corrected chi connectivity index (χ0v) is 4.87. The first-order valence-corrected chi connectivity index (χ1v) is 2.33. The van der Waals surface area contributed by atoms with Crippen LogP contribution in [0.4, 0.5) is 5.95 Å². The Morgan fingerprint density at radius 1 is 1.70 bits per heavy atom. The Morgan fingerprint density at radius 3 is 2.80 bits per heavy atom. The molecule has 1 rings (SSSR count). The van der Waals surface area contributed by atoms with Crippen LogP contribution in [0.15, 0.2) is 0 Å². The van der Waals surface area contributed by atoms with Gasteiger partial charge in [0, 0.05) is 0 Å². The summed E-state index contributed by atoms with van der Waals surface area (Å²) < 4.78 is 0. The van der Waals surface area contributed by atoms with Crippen LogP contribution < -0.4 is 11.6 Å². The Morgan fingerprint density at radius 2 is 2.40 bits per heavy atom. The van der Waals surface area contributed by atoms with Crippen LogP contribution in [-0.2, 0) is 4.84 Å². The predicted octanol–water partition coefficient (Wildman–Crippen LogP) is -1.58. The van der Waals surface area contributed by atoms with Crippen molar-refractivity contribution in [3.05, 3.63) is 5.82 Å². The van der Waals surface area contributed by atoms with Gasteiger partial charge in [-0.05, 0) is 0 Å². The SMILES string of the molecule is NOC(=O)c1n[nH]c(N)n1. The Hall–Kier alpha value is -1.63. The lowest BCUT2D eigenvalue weighted by molar-refractivity contribution is 0.0489. The Labute approximate surface area is 55.3 Å². The van der Waals surface area contributed by atoms with E-state index < -0.39 is 5.97 Å².